The van der Waals surface area contributed by atoms with Gasteiger partial charge in [-0.05, 0) is 57.2 Å². The molecule has 1 aromatic carbocycles. The normalized spacial score (nSPS) is 21.2. The molecule has 2 fully saturated rings. The number of carbonyl (C=O) groups excluding carboxylic acids is 1. The highest BCUT2D eigenvalue weighted by atomic mass is 35.5. The minimum Gasteiger partial charge on any atom is -0.340 e. The van der Waals surface area contributed by atoms with Crippen LogP contribution in [0, 0.1) is 5.92 Å². The third-order valence-corrected chi connectivity index (χ3v) is 7.17. The molecule has 2 heterocycles. The molecule has 23 heavy (non-hydrogen) atoms. The highest BCUT2D eigenvalue weighted by molar-refractivity contribution is 7.92. The van der Waals surface area contributed by atoms with E-state index in [9.17, 15) is 13.2 Å². The maximum Gasteiger partial charge on any atom is 0.225 e. The molecule has 0 aromatic heterocycles. The molecule has 3 rings (SSSR count). The maximum absolute atomic E-state index is 12.5. The van der Waals surface area contributed by atoms with E-state index >= 15 is 0 Å². The number of rotatable bonds is 3. The van der Waals surface area contributed by atoms with Crippen LogP contribution in [-0.4, -0.2) is 62.6 Å². The van der Waals surface area contributed by atoms with Crippen molar-refractivity contribution in [1.82, 2.24) is 9.80 Å². The largest absolute Gasteiger partial charge is 0.340 e. The lowest BCUT2D eigenvalue weighted by Crippen LogP contribution is -2.58. The van der Waals surface area contributed by atoms with Crippen LogP contribution in [0.1, 0.15) is 12.8 Å². The molecular weight excluding hydrogens is 336 g/mol. The number of sulfone groups is 1. The molecule has 0 saturated carbocycles. The van der Waals surface area contributed by atoms with Gasteiger partial charge in [0.05, 0.1) is 4.90 Å². The fourth-order valence-corrected chi connectivity index (χ4v) is 4.92. The van der Waals surface area contributed by atoms with E-state index in [1.807, 2.05) is 0 Å². The van der Waals surface area contributed by atoms with Crippen LogP contribution in [0.4, 0.5) is 0 Å². The van der Waals surface area contributed by atoms with Crippen molar-refractivity contribution in [2.45, 2.75) is 23.0 Å². The second-order valence-corrected chi connectivity index (χ2v) is 9.11. The Balaban J connectivity index is 1.60. The summed E-state index contributed by atoms with van der Waals surface area (Å²) in [5, 5.41) is 0.00974. The van der Waals surface area contributed by atoms with Gasteiger partial charge >= 0.3 is 0 Å². The number of halogens is 1. The van der Waals surface area contributed by atoms with Gasteiger partial charge in [-0.3, -0.25) is 4.79 Å². The molecule has 0 unspecified atom stereocenters. The Morgan fingerprint density at radius 1 is 1.13 bits per heavy atom. The van der Waals surface area contributed by atoms with Crippen LogP contribution in [0.25, 0.3) is 0 Å². The molecule has 5 nitrogen and oxygen atoms in total. The zero-order valence-corrected chi connectivity index (χ0v) is 14.7. The van der Waals surface area contributed by atoms with Crippen molar-refractivity contribution in [2.75, 3.05) is 33.2 Å². The van der Waals surface area contributed by atoms with Crippen molar-refractivity contribution in [3.63, 3.8) is 0 Å². The molecule has 0 N–H and O–H groups in total. The fraction of sp³-hybridized carbons (Fsp3) is 0.562. The quantitative estimate of drug-likeness (QED) is 0.826. The summed E-state index contributed by atoms with van der Waals surface area (Å²) in [4.78, 5) is 16.6. The SMILES string of the molecule is CN1CCC(C(=O)N2CC(S(=O)(=O)c3ccc(Cl)cc3)C2)CC1. The number of hydrogen-bond donors (Lipinski definition) is 0. The Morgan fingerprint density at radius 2 is 1.70 bits per heavy atom. The Hall–Kier alpha value is -1.11. The summed E-state index contributed by atoms with van der Waals surface area (Å²) < 4.78 is 25.1. The standard InChI is InChI=1S/C16H21ClN2O3S/c1-18-8-6-12(7-9-18)16(20)19-10-15(11-19)23(21,22)14-4-2-13(17)3-5-14/h2-5,12,15H,6-11H2,1H3. The number of likely N-dealkylation sites (tertiary alicyclic amines) is 2. The average Bonchev–Trinajstić information content (AvgIpc) is 2.46. The van der Waals surface area contributed by atoms with Gasteiger partial charge in [0, 0.05) is 24.0 Å². The molecule has 1 amide bonds. The van der Waals surface area contributed by atoms with E-state index in [1.54, 1.807) is 17.0 Å². The van der Waals surface area contributed by atoms with Gasteiger partial charge < -0.3 is 9.80 Å². The Bertz CT molecular complexity index is 676. The summed E-state index contributed by atoms with van der Waals surface area (Å²) in [5.41, 5.74) is 0. The van der Waals surface area contributed by atoms with Crippen molar-refractivity contribution in [2.24, 2.45) is 5.92 Å². The van der Waals surface area contributed by atoms with Crippen molar-refractivity contribution >= 4 is 27.3 Å². The van der Waals surface area contributed by atoms with Gasteiger partial charge in [0.25, 0.3) is 0 Å². The first-order chi connectivity index (χ1) is 10.9. The monoisotopic (exact) mass is 356 g/mol. The maximum atomic E-state index is 12.5. The predicted octanol–water partition coefficient (Wildman–Crippen LogP) is 1.67. The molecule has 0 atom stereocenters. The van der Waals surface area contributed by atoms with Gasteiger partial charge in [-0.15, -0.1) is 0 Å². The first kappa shape index (κ1) is 16.7. The molecule has 2 aliphatic rings. The van der Waals surface area contributed by atoms with Crippen molar-refractivity contribution in [3.05, 3.63) is 29.3 Å². The highest BCUT2D eigenvalue weighted by Crippen LogP contribution is 2.28. The van der Waals surface area contributed by atoms with Crippen LogP contribution in [-0.2, 0) is 14.6 Å². The van der Waals surface area contributed by atoms with Gasteiger partial charge in [0.2, 0.25) is 5.91 Å². The second kappa shape index (κ2) is 6.42. The van der Waals surface area contributed by atoms with E-state index < -0.39 is 15.1 Å². The van der Waals surface area contributed by atoms with Gasteiger partial charge in [0.1, 0.15) is 5.25 Å². The Labute approximate surface area is 142 Å². The van der Waals surface area contributed by atoms with E-state index in [4.69, 9.17) is 11.6 Å². The smallest absolute Gasteiger partial charge is 0.225 e. The minimum atomic E-state index is -3.39. The van der Waals surface area contributed by atoms with E-state index in [2.05, 4.69) is 11.9 Å². The molecular formula is C16H21ClN2O3S. The van der Waals surface area contributed by atoms with Gasteiger partial charge in [-0.2, -0.15) is 0 Å². The summed E-state index contributed by atoms with van der Waals surface area (Å²) in [6.07, 6.45) is 1.72. The molecule has 0 spiro atoms. The first-order valence-electron chi connectivity index (χ1n) is 7.85. The Morgan fingerprint density at radius 3 is 2.26 bits per heavy atom. The number of nitrogens with zero attached hydrogens (tertiary/aromatic N) is 2. The van der Waals surface area contributed by atoms with E-state index in [0.717, 1.165) is 25.9 Å². The van der Waals surface area contributed by atoms with Crippen molar-refractivity contribution in [1.29, 1.82) is 0 Å². The Kier molecular flexibility index (Phi) is 4.67. The van der Waals surface area contributed by atoms with Crippen LogP contribution < -0.4 is 0 Å². The van der Waals surface area contributed by atoms with E-state index in [1.165, 1.54) is 12.1 Å². The average molecular weight is 357 g/mol. The molecule has 2 aliphatic heterocycles. The molecule has 0 radical (unpaired) electrons. The number of piperidine rings is 1. The summed E-state index contributed by atoms with van der Waals surface area (Å²) in [6.45, 7) is 2.46. The topological polar surface area (TPSA) is 57.7 Å². The van der Waals surface area contributed by atoms with Gasteiger partial charge in [-0.25, -0.2) is 8.42 Å². The lowest BCUT2D eigenvalue weighted by Gasteiger charge is -2.41. The first-order valence-corrected chi connectivity index (χ1v) is 9.77. The summed E-state index contributed by atoms with van der Waals surface area (Å²) in [7, 11) is -1.33. The zero-order chi connectivity index (χ0) is 16.6. The van der Waals surface area contributed by atoms with E-state index in [0.29, 0.717) is 18.1 Å². The molecule has 2 saturated heterocycles. The number of carbonyl (C=O) groups is 1. The van der Waals surface area contributed by atoms with Crippen LogP contribution in [0.5, 0.6) is 0 Å². The van der Waals surface area contributed by atoms with Crippen LogP contribution in [0.15, 0.2) is 29.2 Å². The molecule has 126 valence electrons. The minimum absolute atomic E-state index is 0.0467. The molecule has 0 bridgehead atoms. The van der Waals surface area contributed by atoms with Crippen LogP contribution in [0.3, 0.4) is 0 Å². The number of amides is 1. The predicted molar refractivity (Wildman–Crippen MR) is 89.2 cm³/mol. The third-order valence-electron chi connectivity index (χ3n) is 4.81. The summed E-state index contributed by atoms with van der Waals surface area (Å²) in [6, 6.07) is 6.21. The van der Waals surface area contributed by atoms with Crippen LogP contribution in [0.2, 0.25) is 5.02 Å². The molecule has 7 heteroatoms. The molecule has 0 aliphatic carbocycles. The van der Waals surface area contributed by atoms with Gasteiger partial charge in [-0.1, -0.05) is 11.6 Å². The lowest BCUT2D eigenvalue weighted by molar-refractivity contribution is -0.140. The molecule has 1 aromatic rings. The second-order valence-electron chi connectivity index (χ2n) is 6.44. The van der Waals surface area contributed by atoms with Crippen molar-refractivity contribution < 1.29 is 13.2 Å². The van der Waals surface area contributed by atoms with Crippen molar-refractivity contribution in [3.8, 4) is 0 Å². The third kappa shape index (κ3) is 3.39. The van der Waals surface area contributed by atoms with E-state index in [-0.39, 0.29) is 16.7 Å². The summed E-state index contributed by atoms with van der Waals surface area (Å²) in [5.74, 6) is 0.158. The number of hydrogen-bond acceptors (Lipinski definition) is 4. The van der Waals surface area contributed by atoms with Gasteiger partial charge in [0.15, 0.2) is 9.84 Å². The summed E-state index contributed by atoms with van der Waals surface area (Å²) >= 11 is 5.80. The zero-order valence-electron chi connectivity index (χ0n) is 13.1. The fourth-order valence-electron chi connectivity index (χ4n) is 3.14. The lowest BCUT2D eigenvalue weighted by atomic mass is 9.94. The highest BCUT2D eigenvalue weighted by Gasteiger charge is 2.42. The van der Waals surface area contributed by atoms with Crippen LogP contribution >= 0.6 is 11.6 Å². The number of benzene rings is 1.